The molecule has 0 spiro atoms. The summed E-state index contributed by atoms with van der Waals surface area (Å²) in [6, 6.07) is 8.70. The number of hydrogen-bond acceptors (Lipinski definition) is 4. The lowest BCUT2D eigenvalue weighted by atomic mass is 10.1. The zero-order chi connectivity index (χ0) is 17.9. The first kappa shape index (κ1) is 18.5. The van der Waals surface area contributed by atoms with Crippen LogP contribution >= 0.6 is 23.2 Å². The number of sulfonamides is 1. The molecule has 1 aliphatic heterocycles. The molecule has 1 saturated heterocycles. The van der Waals surface area contributed by atoms with Gasteiger partial charge in [-0.1, -0.05) is 29.3 Å². The van der Waals surface area contributed by atoms with Gasteiger partial charge in [0.1, 0.15) is 10.7 Å². The van der Waals surface area contributed by atoms with Crippen molar-refractivity contribution < 1.29 is 8.42 Å². The summed E-state index contributed by atoms with van der Waals surface area (Å²) in [5.41, 5.74) is 0.992. The molecule has 8 heteroatoms. The highest BCUT2D eigenvalue weighted by Crippen LogP contribution is 2.22. The maximum Gasteiger partial charge on any atom is 0.244 e. The van der Waals surface area contributed by atoms with Gasteiger partial charge in [0.15, 0.2) is 0 Å². The van der Waals surface area contributed by atoms with Crippen molar-refractivity contribution in [2.45, 2.75) is 24.2 Å². The van der Waals surface area contributed by atoms with Crippen molar-refractivity contribution in [3.63, 3.8) is 0 Å². The van der Waals surface area contributed by atoms with E-state index in [2.05, 4.69) is 10.3 Å². The van der Waals surface area contributed by atoms with Crippen LogP contribution in [0.25, 0.3) is 0 Å². The highest BCUT2D eigenvalue weighted by atomic mass is 35.5. The predicted molar refractivity (Wildman–Crippen MR) is 101 cm³/mol. The number of aromatic nitrogens is 1. The Labute approximate surface area is 158 Å². The molecule has 0 saturated carbocycles. The summed E-state index contributed by atoms with van der Waals surface area (Å²) >= 11 is 12.0. The molecular weight excluding hydrogens is 381 g/mol. The van der Waals surface area contributed by atoms with Crippen LogP contribution in [0.4, 0.5) is 5.82 Å². The minimum atomic E-state index is -3.42. The molecule has 25 heavy (non-hydrogen) atoms. The van der Waals surface area contributed by atoms with E-state index in [1.165, 1.54) is 10.5 Å². The van der Waals surface area contributed by atoms with Crippen molar-refractivity contribution in [2.75, 3.05) is 25.0 Å². The third-order valence-corrected chi connectivity index (χ3v) is 6.62. The Morgan fingerprint density at radius 1 is 1.12 bits per heavy atom. The second-order valence-corrected chi connectivity index (χ2v) is 8.68. The van der Waals surface area contributed by atoms with Gasteiger partial charge in [-0.15, -0.1) is 0 Å². The standard InChI is InChI=1S/C17H19Cl2N3O2S/c18-14-4-3-13(16(19)11-14)7-8-20-17-6-5-15(12-21-17)25(23,24)22-9-1-2-10-22/h3-6,11-12H,1-2,7-10H2,(H,20,21). The fourth-order valence-corrected chi connectivity index (χ4v) is 4.73. The highest BCUT2D eigenvalue weighted by molar-refractivity contribution is 7.89. The maximum atomic E-state index is 12.4. The molecule has 0 amide bonds. The maximum absolute atomic E-state index is 12.4. The number of halogens is 2. The number of nitrogens with zero attached hydrogens (tertiary/aromatic N) is 2. The van der Waals surface area contributed by atoms with Gasteiger partial charge < -0.3 is 5.32 Å². The molecule has 0 radical (unpaired) electrons. The molecule has 1 aliphatic rings. The Bertz CT molecular complexity index is 835. The van der Waals surface area contributed by atoms with Gasteiger partial charge in [0.25, 0.3) is 0 Å². The molecule has 0 atom stereocenters. The van der Waals surface area contributed by atoms with E-state index < -0.39 is 10.0 Å². The highest BCUT2D eigenvalue weighted by Gasteiger charge is 2.27. The smallest absolute Gasteiger partial charge is 0.244 e. The largest absolute Gasteiger partial charge is 0.370 e. The zero-order valence-electron chi connectivity index (χ0n) is 13.6. The van der Waals surface area contributed by atoms with Crippen LogP contribution in [0.5, 0.6) is 0 Å². The van der Waals surface area contributed by atoms with Crippen molar-refractivity contribution in [1.82, 2.24) is 9.29 Å². The van der Waals surface area contributed by atoms with Gasteiger partial charge in [-0.05, 0) is 49.1 Å². The minimum Gasteiger partial charge on any atom is -0.370 e. The molecule has 2 aromatic rings. The normalized spacial score (nSPS) is 15.4. The lowest BCUT2D eigenvalue weighted by Crippen LogP contribution is -2.27. The van der Waals surface area contributed by atoms with Gasteiger partial charge in [0, 0.05) is 35.9 Å². The van der Waals surface area contributed by atoms with Crippen LogP contribution in [0.2, 0.25) is 10.0 Å². The van der Waals surface area contributed by atoms with Gasteiger partial charge in [-0.25, -0.2) is 13.4 Å². The molecule has 1 fully saturated rings. The van der Waals surface area contributed by atoms with E-state index in [1.54, 1.807) is 24.3 Å². The minimum absolute atomic E-state index is 0.237. The van der Waals surface area contributed by atoms with Crippen LogP contribution in [0, 0.1) is 0 Å². The Morgan fingerprint density at radius 2 is 1.88 bits per heavy atom. The number of pyridine rings is 1. The zero-order valence-corrected chi connectivity index (χ0v) is 15.9. The van der Waals surface area contributed by atoms with Gasteiger partial charge >= 0.3 is 0 Å². The van der Waals surface area contributed by atoms with Crippen LogP contribution in [-0.4, -0.2) is 37.3 Å². The van der Waals surface area contributed by atoms with E-state index in [-0.39, 0.29) is 4.90 Å². The van der Waals surface area contributed by atoms with Crippen LogP contribution < -0.4 is 5.32 Å². The lowest BCUT2D eigenvalue weighted by molar-refractivity contribution is 0.477. The van der Waals surface area contributed by atoms with E-state index in [4.69, 9.17) is 23.2 Å². The third-order valence-electron chi connectivity index (χ3n) is 4.15. The van der Waals surface area contributed by atoms with Crippen LogP contribution in [0.15, 0.2) is 41.4 Å². The Morgan fingerprint density at radius 3 is 2.52 bits per heavy atom. The molecule has 0 unspecified atom stereocenters. The van der Waals surface area contributed by atoms with E-state index in [0.717, 1.165) is 18.4 Å². The second kappa shape index (κ2) is 7.91. The fraction of sp³-hybridized carbons (Fsp3) is 0.353. The molecule has 1 N–H and O–H groups in total. The van der Waals surface area contributed by atoms with Crippen LogP contribution in [0.1, 0.15) is 18.4 Å². The Balaban J connectivity index is 1.59. The first-order chi connectivity index (χ1) is 12.0. The average Bonchev–Trinajstić information content (AvgIpc) is 3.13. The molecule has 0 aliphatic carbocycles. The van der Waals surface area contributed by atoms with E-state index in [1.807, 2.05) is 6.07 Å². The summed E-state index contributed by atoms with van der Waals surface area (Å²) in [5.74, 6) is 0.630. The van der Waals surface area contributed by atoms with Crippen LogP contribution in [0.3, 0.4) is 0 Å². The van der Waals surface area contributed by atoms with Crippen molar-refractivity contribution in [3.8, 4) is 0 Å². The number of hydrogen-bond donors (Lipinski definition) is 1. The summed E-state index contributed by atoms with van der Waals surface area (Å²) in [6.45, 7) is 1.81. The average molecular weight is 400 g/mol. The molecular formula is C17H19Cl2N3O2S. The molecule has 3 rings (SSSR count). The number of anilines is 1. The van der Waals surface area contributed by atoms with Gasteiger partial charge in [0.05, 0.1) is 0 Å². The van der Waals surface area contributed by atoms with Gasteiger partial charge in [-0.2, -0.15) is 4.31 Å². The van der Waals surface area contributed by atoms with Crippen molar-refractivity contribution in [2.24, 2.45) is 0 Å². The monoisotopic (exact) mass is 399 g/mol. The van der Waals surface area contributed by atoms with E-state index in [9.17, 15) is 8.42 Å². The fourth-order valence-electron chi connectivity index (χ4n) is 2.76. The third kappa shape index (κ3) is 4.44. The number of rotatable bonds is 6. The summed E-state index contributed by atoms with van der Waals surface area (Å²) in [6.07, 6.45) is 3.95. The van der Waals surface area contributed by atoms with Crippen molar-refractivity contribution in [1.29, 1.82) is 0 Å². The van der Waals surface area contributed by atoms with Gasteiger partial charge in [-0.3, -0.25) is 0 Å². The summed E-state index contributed by atoms with van der Waals surface area (Å²) in [7, 11) is -3.42. The summed E-state index contributed by atoms with van der Waals surface area (Å²) in [4.78, 5) is 4.45. The topological polar surface area (TPSA) is 62.3 Å². The first-order valence-corrected chi connectivity index (χ1v) is 10.3. The van der Waals surface area contributed by atoms with Crippen molar-refractivity contribution >= 4 is 39.0 Å². The molecule has 134 valence electrons. The second-order valence-electron chi connectivity index (χ2n) is 5.90. The van der Waals surface area contributed by atoms with Crippen LogP contribution in [-0.2, 0) is 16.4 Å². The summed E-state index contributed by atoms with van der Waals surface area (Å²) < 4.78 is 26.4. The SMILES string of the molecule is O=S(=O)(c1ccc(NCCc2ccc(Cl)cc2Cl)nc1)N1CCCC1. The molecule has 2 heterocycles. The van der Waals surface area contributed by atoms with E-state index >= 15 is 0 Å². The van der Waals surface area contributed by atoms with Gasteiger partial charge in [0.2, 0.25) is 10.0 Å². The molecule has 1 aromatic heterocycles. The quantitative estimate of drug-likeness (QED) is 0.801. The lowest BCUT2D eigenvalue weighted by Gasteiger charge is -2.15. The molecule has 5 nitrogen and oxygen atoms in total. The Kier molecular flexibility index (Phi) is 5.84. The number of nitrogens with one attached hydrogen (secondary N) is 1. The molecule has 0 bridgehead atoms. The molecule has 1 aromatic carbocycles. The predicted octanol–water partition coefficient (Wildman–Crippen LogP) is 3.83. The number of benzene rings is 1. The summed E-state index contributed by atoms with van der Waals surface area (Å²) in [5, 5.41) is 4.42. The van der Waals surface area contributed by atoms with Crippen molar-refractivity contribution in [3.05, 3.63) is 52.1 Å². The first-order valence-electron chi connectivity index (χ1n) is 8.11. The van der Waals surface area contributed by atoms with E-state index in [0.29, 0.717) is 41.9 Å². The Hall–Kier alpha value is -1.34.